The molecule has 0 bridgehead atoms. The molecule has 3 aromatic heterocycles. The summed E-state index contributed by atoms with van der Waals surface area (Å²) in [5.41, 5.74) is 2.55. The summed E-state index contributed by atoms with van der Waals surface area (Å²) >= 11 is 0. The lowest BCUT2D eigenvalue weighted by Gasteiger charge is -2.33. The molecule has 9 nitrogen and oxygen atoms in total. The van der Waals surface area contributed by atoms with E-state index in [9.17, 15) is 18.0 Å². The first-order valence-corrected chi connectivity index (χ1v) is 10.5. The minimum Gasteiger partial charge on any atom is -0.475 e. The molecule has 5 rings (SSSR count). The monoisotopic (exact) mass is 487 g/mol. The quantitative estimate of drug-likeness (QED) is 0.454. The summed E-state index contributed by atoms with van der Waals surface area (Å²) in [5.74, 6) is -2.21. The minimum atomic E-state index is -5.08. The molecule has 4 heterocycles. The largest absolute Gasteiger partial charge is 0.490 e. The number of benzene rings is 1. The summed E-state index contributed by atoms with van der Waals surface area (Å²) in [4.78, 5) is 31.3. The van der Waals surface area contributed by atoms with E-state index in [1.165, 1.54) is 0 Å². The number of carbonyl (C=O) groups excluding carboxylic acids is 1. The molecule has 1 aliphatic heterocycles. The van der Waals surface area contributed by atoms with Crippen LogP contribution >= 0.6 is 0 Å². The lowest BCUT2D eigenvalue weighted by atomic mass is 10.2. The van der Waals surface area contributed by atoms with Gasteiger partial charge in [0.25, 0.3) is 5.91 Å². The van der Waals surface area contributed by atoms with E-state index < -0.39 is 12.1 Å². The molecule has 1 aliphatic rings. The van der Waals surface area contributed by atoms with Crippen LogP contribution in [0.25, 0.3) is 10.9 Å². The van der Waals surface area contributed by atoms with E-state index in [4.69, 9.17) is 14.6 Å². The summed E-state index contributed by atoms with van der Waals surface area (Å²) in [7, 11) is 0. The molecule has 12 heteroatoms. The molecular formula is C23H20F3N5O4. The van der Waals surface area contributed by atoms with Gasteiger partial charge in [0.2, 0.25) is 5.88 Å². The van der Waals surface area contributed by atoms with Crippen LogP contribution in [0.5, 0.6) is 5.88 Å². The van der Waals surface area contributed by atoms with Gasteiger partial charge >= 0.3 is 12.1 Å². The average molecular weight is 487 g/mol. The third kappa shape index (κ3) is 5.60. The Morgan fingerprint density at radius 3 is 2.54 bits per heavy atom. The number of halogens is 3. The van der Waals surface area contributed by atoms with Crippen LogP contribution in [0.3, 0.4) is 0 Å². The maximum absolute atomic E-state index is 13.1. The Labute approximate surface area is 196 Å². The van der Waals surface area contributed by atoms with Crippen molar-refractivity contribution in [2.45, 2.75) is 18.8 Å². The van der Waals surface area contributed by atoms with Gasteiger partial charge in [0.1, 0.15) is 18.3 Å². The molecule has 1 amide bonds. The highest BCUT2D eigenvalue weighted by Crippen LogP contribution is 2.24. The van der Waals surface area contributed by atoms with Gasteiger partial charge in [-0.25, -0.2) is 9.78 Å². The summed E-state index contributed by atoms with van der Waals surface area (Å²) in [5, 5.41) is 12.6. The molecule has 0 saturated carbocycles. The van der Waals surface area contributed by atoms with E-state index in [2.05, 4.69) is 15.1 Å². The third-order valence-corrected chi connectivity index (χ3v) is 5.23. The van der Waals surface area contributed by atoms with Crippen LogP contribution in [0, 0.1) is 0 Å². The van der Waals surface area contributed by atoms with Crippen molar-refractivity contribution in [1.29, 1.82) is 0 Å². The molecular weight excluding hydrogens is 467 g/mol. The van der Waals surface area contributed by atoms with Crippen LogP contribution in [0.2, 0.25) is 0 Å². The van der Waals surface area contributed by atoms with Crippen molar-refractivity contribution in [2.24, 2.45) is 0 Å². The molecule has 4 aromatic rings. The maximum atomic E-state index is 13.1. The van der Waals surface area contributed by atoms with E-state index >= 15 is 0 Å². The number of aromatic amines is 1. The number of carboxylic acids is 1. The highest BCUT2D eigenvalue weighted by Gasteiger charge is 2.38. The molecule has 1 unspecified atom stereocenters. The van der Waals surface area contributed by atoms with Crippen LogP contribution < -0.4 is 4.74 Å². The molecule has 0 aliphatic carbocycles. The van der Waals surface area contributed by atoms with Gasteiger partial charge < -0.3 is 19.7 Å². The van der Waals surface area contributed by atoms with Gasteiger partial charge in [-0.15, -0.1) is 0 Å². The molecule has 1 aromatic carbocycles. The number of H-pyrrole nitrogens is 1. The van der Waals surface area contributed by atoms with Gasteiger partial charge in [0, 0.05) is 35.9 Å². The zero-order valence-electron chi connectivity index (χ0n) is 18.1. The topological polar surface area (TPSA) is 113 Å². The first-order valence-electron chi connectivity index (χ1n) is 10.5. The Morgan fingerprint density at radius 1 is 1.11 bits per heavy atom. The number of aromatic nitrogens is 4. The molecule has 0 spiro atoms. The highest BCUT2D eigenvalue weighted by molar-refractivity contribution is 5.98. The Balaban J connectivity index is 0.000000364. The number of carbonyl (C=O) groups is 2. The van der Waals surface area contributed by atoms with Gasteiger partial charge in [0.15, 0.2) is 0 Å². The molecule has 35 heavy (non-hydrogen) atoms. The van der Waals surface area contributed by atoms with Gasteiger partial charge in [-0.2, -0.15) is 18.3 Å². The van der Waals surface area contributed by atoms with Crippen LogP contribution in [0.4, 0.5) is 13.2 Å². The number of hydrogen-bond donors (Lipinski definition) is 2. The minimum absolute atomic E-state index is 0.0218. The number of hydrogen-bond acceptors (Lipinski definition) is 5. The van der Waals surface area contributed by atoms with Crippen molar-refractivity contribution in [3.05, 3.63) is 78.4 Å². The number of nitrogens with one attached hydrogen (secondary N) is 1. The second-order valence-corrected chi connectivity index (χ2v) is 7.66. The SMILES string of the molecule is O=C(O)C(F)(F)F.O=C(c1cc2ccccc2[nH]1)N1Cc2ccnn2C(COc2ccccn2)C1. The predicted octanol–water partition coefficient (Wildman–Crippen LogP) is 3.67. The van der Waals surface area contributed by atoms with Crippen LogP contribution in [0.1, 0.15) is 22.2 Å². The summed E-state index contributed by atoms with van der Waals surface area (Å²) in [6, 6.07) is 17.2. The summed E-state index contributed by atoms with van der Waals surface area (Å²) < 4.78 is 39.5. The molecule has 0 radical (unpaired) electrons. The van der Waals surface area contributed by atoms with Crippen LogP contribution in [0.15, 0.2) is 67.0 Å². The Hall–Kier alpha value is -4.35. The average Bonchev–Trinajstić information content (AvgIpc) is 3.49. The smallest absolute Gasteiger partial charge is 0.475 e. The predicted molar refractivity (Wildman–Crippen MR) is 118 cm³/mol. The zero-order chi connectivity index (χ0) is 25.0. The van der Waals surface area contributed by atoms with E-state index in [0.29, 0.717) is 31.3 Å². The van der Waals surface area contributed by atoms with Gasteiger partial charge in [-0.05, 0) is 24.3 Å². The number of ether oxygens (including phenoxy) is 1. The third-order valence-electron chi connectivity index (χ3n) is 5.23. The fourth-order valence-corrected chi connectivity index (χ4v) is 3.64. The van der Waals surface area contributed by atoms with Crippen molar-refractivity contribution < 1.29 is 32.6 Å². The second-order valence-electron chi connectivity index (χ2n) is 7.66. The number of rotatable bonds is 4. The van der Waals surface area contributed by atoms with Gasteiger partial charge in [-0.1, -0.05) is 24.3 Å². The van der Waals surface area contributed by atoms with Crippen LogP contribution in [-0.4, -0.2) is 61.0 Å². The number of alkyl halides is 3. The molecule has 182 valence electrons. The zero-order valence-corrected chi connectivity index (χ0v) is 18.1. The number of para-hydroxylation sites is 1. The molecule has 0 saturated heterocycles. The van der Waals surface area contributed by atoms with Crippen molar-refractivity contribution in [2.75, 3.05) is 13.2 Å². The van der Waals surface area contributed by atoms with Gasteiger partial charge in [-0.3, -0.25) is 9.48 Å². The molecule has 1 atom stereocenters. The maximum Gasteiger partial charge on any atom is 0.490 e. The normalized spacial score (nSPS) is 15.2. The lowest BCUT2D eigenvalue weighted by Crippen LogP contribution is -2.43. The van der Waals surface area contributed by atoms with E-state index in [1.54, 1.807) is 12.4 Å². The van der Waals surface area contributed by atoms with E-state index in [-0.39, 0.29) is 11.9 Å². The number of fused-ring (bicyclic) bond motifs is 2. The number of pyridine rings is 1. The fourth-order valence-electron chi connectivity index (χ4n) is 3.64. The fraction of sp³-hybridized carbons (Fsp3) is 0.217. The Bertz CT molecular complexity index is 1290. The highest BCUT2D eigenvalue weighted by atomic mass is 19.4. The number of nitrogens with zero attached hydrogens (tertiary/aromatic N) is 4. The number of aliphatic carboxylic acids is 1. The van der Waals surface area contributed by atoms with E-state index in [0.717, 1.165) is 16.6 Å². The number of amides is 1. The van der Waals surface area contributed by atoms with Crippen molar-refractivity contribution >= 4 is 22.8 Å². The molecule has 2 N–H and O–H groups in total. The lowest BCUT2D eigenvalue weighted by molar-refractivity contribution is -0.192. The van der Waals surface area contributed by atoms with Crippen molar-refractivity contribution in [3.63, 3.8) is 0 Å². The summed E-state index contributed by atoms with van der Waals surface area (Å²) in [6.45, 7) is 1.44. The Morgan fingerprint density at radius 2 is 1.86 bits per heavy atom. The van der Waals surface area contributed by atoms with Gasteiger partial charge in [0.05, 0.1) is 12.2 Å². The van der Waals surface area contributed by atoms with Crippen LogP contribution in [-0.2, 0) is 11.3 Å². The van der Waals surface area contributed by atoms with Crippen molar-refractivity contribution in [3.8, 4) is 5.88 Å². The first-order chi connectivity index (χ1) is 16.7. The Kier molecular flexibility index (Phi) is 6.71. The number of carboxylic acid groups (broad SMARTS) is 1. The van der Waals surface area contributed by atoms with Crippen molar-refractivity contribution in [1.82, 2.24) is 24.6 Å². The summed E-state index contributed by atoms with van der Waals surface area (Å²) in [6.07, 6.45) is -1.62. The van der Waals surface area contributed by atoms with E-state index in [1.807, 2.05) is 64.2 Å². The molecule has 0 fully saturated rings. The second kappa shape index (κ2) is 9.87. The standard InChI is InChI=1S/C21H19N5O2.C2HF3O2/c27-21(19-11-15-5-1-2-6-18(15)24-19)25-12-16-8-10-23-26(16)17(13-25)14-28-20-7-3-4-9-22-20;3-2(4,5)1(6)7/h1-11,17,24H,12-14H2;(H,6,7). The first kappa shape index (κ1) is 23.8.